The third kappa shape index (κ3) is 2.68. The predicted octanol–water partition coefficient (Wildman–Crippen LogP) is 1.58. The fourth-order valence-electron chi connectivity index (χ4n) is 3.20. The molecule has 2 aliphatic heterocycles. The number of carbonyl (C=O) groups is 1. The van der Waals surface area contributed by atoms with Crippen molar-refractivity contribution in [3.8, 4) is 5.75 Å². The molecule has 0 saturated carbocycles. The minimum Gasteiger partial charge on any atom is -0.506 e. The summed E-state index contributed by atoms with van der Waals surface area (Å²) in [7, 11) is 1.34. The zero-order chi connectivity index (χ0) is 14.9. The van der Waals surface area contributed by atoms with E-state index in [0.29, 0.717) is 11.1 Å². The van der Waals surface area contributed by atoms with Gasteiger partial charge in [0.1, 0.15) is 5.75 Å². The van der Waals surface area contributed by atoms with Crippen molar-refractivity contribution < 1.29 is 19.4 Å². The third-order valence-electron chi connectivity index (χ3n) is 4.58. The molecule has 1 N–H and O–H groups in total. The topological polar surface area (TPSA) is 71.9 Å². The number of methoxy groups -OCH3 is 1. The Morgan fingerprint density at radius 1 is 1.43 bits per heavy atom. The SMILES string of the molecule is COC(=O)c1ncc(O)cc1N1CCC2(CCOC2)CC1. The molecule has 0 atom stereocenters. The van der Waals surface area contributed by atoms with E-state index in [4.69, 9.17) is 9.47 Å². The summed E-state index contributed by atoms with van der Waals surface area (Å²) in [4.78, 5) is 17.9. The molecular weight excluding hydrogens is 272 g/mol. The number of nitrogens with zero attached hydrogens (tertiary/aromatic N) is 2. The molecule has 2 saturated heterocycles. The number of pyridine rings is 1. The molecular formula is C15H20N2O4. The van der Waals surface area contributed by atoms with Crippen molar-refractivity contribution in [2.75, 3.05) is 38.3 Å². The molecule has 2 fully saturated rings. The van der Waals surface area contributed by atoms with Crippen LogP contribution in [0, 0.1) is 5.41 Å². The maximum Gasteiger partial charge on any atom is 0.358 e. The Bertz CT molecular complexity index is 530. The van der Waals surface area contributed by atoms with E-state index in [1.807, 2.05) is 0 Å². The Labute approximate surface area is 123 Å². The van der Waals surface area contributed by atoms with Crippen molar-refractivity contribution in [1.29, 1.82) is 0 Å². The van der Waals surface area contributed by atoms with Gasteiger partial charge in [-0.2, -0.15) is 0 Å². The van der Waals surface area contributed by atoms with Gasteiger partial charge < -0.3 is 19.5 Å². The average Bonchev–Trinajstić information content (AvgIpc) is 2.95. The lowest BCUT2D eigenvalue weighted by Crippen LogP contribution is -2.41. The molecule has 0 amide bonds. The zero-order valence-electron chi connectivity index (χ0n) is 12.2. The van der Waals surface area contributed by atoms with Crippen LogP contribution in [0.25, 0.3) is 0 Å². The number of carbonyl (C=O) groups excluding carboxylic acids is 1. The van der Waals surface area contributed by atoms with E-state index in [1.54, 1.807) is 6.07 Å². The van der Waals surface area contributed by atoms with Crippen molar-refractivity contribution in [3.63, 3.8) is 0 Å². The summed E-state index contributed by atoms with van der Waals surface area (Å²) in [5.74, 6) is -0.420. The Hall–Kier alpha value is -1.82. The predicted molar refractivity (Wildman–Crippen MR) is 76.6 cm³/mol. The monoisotopic (exact) mass is 292 g/mol. The molecule has 21 heavy (non-hydrogen) atoms. The summed E-state index contributed by atoms with van der Waals surface area (Å²) in [5.41, 5.74) is 1.20. The Kier molecular flexibility index (Phi) is 3.71. The number of anilines is 1. The second-order valence-electron chi connectivity index (χ2n) is 5.84. The molecule has 2 aliphatic rings. The summed E-state index contributed by atoms with van der Waals surface area (Å²) in [6.45, 7) is 3.35. The quantitative estimate of drug-likeness (QED) is 0.834. The number of hydrogen-bond donors (Lipinski definition) is 1. The van der Waals surface area contributed by atoms with Gasteiger partial charge in [0.2, 0.25) is 0 Å². The first-order valence-electron chi connectivity index (χ1n) is 7.24. The first-order valence-corrected chi connectivity index (χ1v) is 7.24. The average molecular weight is 292 g/mol. The minimum atomic E-state index is -0.477. The molecule has 0 aromatic carbocycles. The van der Waals surface area contributed by atoms with Crippen LogP contribution < -0.4 is 4.90 Å². The van der Waals surface area contributed by atoms with Gasteiger partial charge in [-0.15, -0.1) is 0 Å². The molecule has 3 heterocycles. The second-order valence-corrected chi connectivity index (χ2v) is 5.84. The molecule has 0 bridgehead atoms. The van der Waals surface area contributed by atoms with E-state index in [2.05, 4.69) is 9.88 Å². The second kappa shape index (κ2) is 5.52. The van der Waals surface area contributed by atoms with E-state index in [1.165, 1.54) is 13.3 Å². The molecule has 0 aliphatic carbocycles. The minimum absolute atomic E-state index is 0.0575. The first-order chi connectivity index (χ1) is 10.1. The highest BCUT2D eigenvalue weighted by Gasteiger charge is 2.38. The van der Waals surface area contributed by atoms with E-state index in [9.17, 15) is 9.90 Å². The number of aromatic nitrogens is 1. The largest absolute Gasteiger partial charge is 0.506 e. The summed E-state index contributed by atoms with van der Waals surface area (Å²) in [6.07, 6.45) is 4.45. The number of ether oxygens (including phenoxy) is 2. The van der Waals surface area contributed by atoms with Crippen LogP contribution in [0.5, 0.6) is 5.75 Å². The van der Waals surface area contributed by atoms with Crippen molar-refractivity contribution in [1.82, 2.24) is 4.98 Å². The zero-order valence-corrected chi connectivity index (χ0v) is 12.2. The molecule has 1 aromatic heterocycles. The summed E-state index contributed by atoms with van der Waals surface area (Å²) in [5, 5.41) is 9.67. The molecule has 1 aromatic rings. The van der Waals surface area contributed by atoms with Gasteiger partial charge in [0.05, 0.1) is 25.6 Å². The van der Waals surface area contributed by atoms with Crippen LogP contribution in [0.3, 0.4) is 0 Å². The Morgan fingerprint density at radius 2 is 2.19 bits per heavy atom. The molecule has 0 unspecified atom stereocenters. The van der Waals surface area contributed by atoms with E-state index < -0.39 is 5.97 Å². The Morgan fingerprint density at radius 3 is 2.81 bits per heavy atom. The molecule has 6 nitrogen and oxygen atoms in total. The molecule has 3 rings (SSSR count). The number of hydrogen-bond acceptors (Lipinski definition) is 6. The van der Waals surface area contributed by atoms with Crippen LogP contribution >= 0.6 is 0 Å². The standard InChI is InChI=1S/C15H20N2O4/c1-20-14(19)13-12(8-11(18)9-16-13)17-5-2-15(3-6-17)4-7-21-10-15/h8-9,18H,2-7,10H2,1H3. The van der Waals surface area contributed by atoms with Gasteiger partial charge in [0.15, 0.2) is 5.69 Å². The van der Waals surface area contributed by atoms with Crippen molar-refractivity contribution >= 4 is 11.7 Å². The van der Waals surface area contributed by atoms with Crippen LogP contribution in [-0.2, 0) is 9.47 Å². The molecule has 6 heteroatoms. The fourth-order valence-corrected chi connectivity index (χ4v) is 3.20. The highest BCUT2D eigenvalue weighted by atomic mass is 16.5. The maximum absolute atomic E-state index is 11.8. The summed E-state index contributed by atoms with van der Waals surface area (Å²) < 4.78 is 10.3. The number of esters is 1. The van der Waals surface area contributed by atoms with Crippen molar-refractivity contribution in [2.24, 2.45) is 5.41 Å². The number of aromatic hydroxyl groups is 1. The van der Waals surface area contributed by atoms with Crippen LogP contribution in [0.2, 0.25) is 0 Å². The summed E-state index contributed by atoms with van der Waals surface area (Å²) >= 11 is 0. The van der Waals surface area contributed by atoms with Crippen molar-refractivity contribution in [2.45, 2.75) is 19.3 Å². The number of piperidine rings is 1. The normalized spacial score (nSPS) is 20.7. The van der Waals surface area contributed by atoms with E-state index in [0.717, 1.165) is 45.6 Å². The maximum atomic E-state index is 11.8. The lowest BCUT2D eigenvalue weighted by atomic mass is 9.78. The van der Waals surface area contributed by atoms with Gasteiger partial charge in [-0.25, -0.2) is 9.78 Å². The summed E-state index contributed by atoms with van der Waals surface area (Å²) in [6, 6.07) is 1.59. The smallest absolute Gasteiger partial charge is 0.358 e. The van der Waals surface area contributed by atoms with Crippen LogP contribution in [-0.4, -0.2) is 49.5 Å². The van der Waals surface area contributed by atoms with Crippen LogP contribution in [0.1, 0.15) is 29.8 Å². The number of rotatable bonds is 2. The lowest BCUT2D eigenvalue weighted by Gasteiger charge is -2.39. The lowest BCUT2D eigenvalue weighted by molar-refractivity contribution is 0.0594. The van der Waals surface area contributed by atoms with Crippen LogP contribution in [0.15, 0.2) is 12.3 Å². The highest BCUT2D eigenvalue weighted by Crippen LogP contribution is 2.40. The molecule has 114 valence electrons. The van der Waals surface area contributed by atoms with E-state index >= 15 is 0 Å². The van der Waals surface area contributed by atoms with Crippen molar-refractivity contribution in [3.05, 3.63) is 18.0 Å². The van der Waals surface area contributed by atoms with Gasteiger partial charge in [0.25, 0.3) is 0 Å². The van der Waals surface area contributed by atoms with Gasteiger partial charge in [-0.1, -0.05) is 0 Å². The first kappa shape index (κ1) is 14.1. The highest BCUT2D eigenvalue weighted by molar-refractivity contribution is 5.93. The van der Waals surface area contributed by atoms with Crippen LogP contribution in [0.4, 0.5) is 5.69 Å². The van der Waals surface area contributed by atoms with Gasteiger partial charge in [-0.05, 0) is 24.7 Å². The third-order valence-corrected chi connectivity index (χ3v) is 4.58. The van der Waals surface area contributed by atoms with E-state index in [-0.39, 0.29) is 11.4 Å². The van der Waals surface area contributed by atoms with Gasteiger partial charge >= 0.3 is 5.97 Å². The van der Waals surface area contributed by atoms with Gasteiger partial charge in [0, 0.05) is 25.8 Å². The fraction of sp³-hybridized carbons (Fsp3) is 0.600. The molecule has 1 spiro atoms. The Balaban J connectivity index is 1.81. The van der Waals surface area contributed by atoms with Gasteiger partial charge in [-0.3, -0.25) is 0 Å². The molecule has 0 radical (unpaired) electrons.